The molecule has 6 N–H and O–H groups in total. The minimum atomic E-state index is -0.804. The molecule has 0 saturated carbocycles. The summed E-state index contributed by atoms with van der Waals surface area (Å²) in [5, 5.41) is 22.1. The number of aliphatic hydroxyl groups is 1. The SMILES string of the molecule is [B]=NOC(=O)c1ccc(C(=O)NCCCCCCNC(O)c2ccc(C(=O)NCCCCCCN)cc2)cc1. The Morgan fingerprint density at radius 1 is 0.744 bits per heavy atom. The molecule has 0 aromatic heterocycles. The first-order valence-electron chi connectivity index (χ1n) is 13.5. The molecular weight excluding hydrogens is 497 g/mol. The van der Waals surface area contributed by atoms with E-state index >= 15 is 0 Å². The molecule has 11 heteroatoms. The van der Waals surface area contributed by atoms with Crippen molar-refractivity contribution in [1.82, 2.24) is 16.0 Å². The zero-order chi connectivity index (χ0) is 28.3. The number of rotatable bonds is 19. The van der Waals surface area contributed by atoms with Crippen molar-refractivity contribution < 1.29 is 24.3 Å². The molecule has 0 saturated heterocycles. The van der Waals surface area contributed by atoms with E-state index in [4.69, 9.17) is 13.4 Å². The Kier molecular flexibility index (Phi) is 15.3. The second-order valence-electron chi connectivity index (χ2n) is 9.17. The maximum absolute atomic E-state index is 12.2. The zero-order valence-corrected chi connectivity index (χ0v) is 22.4. The van der Waals surface area contributed by atoms with Gasteiger partial charge in [0.25, 0.3) is 5.91 Å². The van der Waals surface area contributed by atoms with Crippen LogP contribution in [0.3, 0.4) is 0 Å². The normalized spacial score (nSPS) is 11.4. The Morgan fingerprint density at radius 2 is 1.21 bits per heavy atom. The summed E-state index contributed by atoms with van der Waals surface area (Å²) >= 11 is 0. The fourth-order valence-corrected chi connectivity index (χ4v) is 3.87. The predicted octanol–water partition coefficient (Wildman–Crippen LogP) is 2.93. The molecule has 0 aliphatic rings. The Labute approximate surface area is 231 Å². The van der Waals surface area contributed by atoms with Gasteiger partial charge in [0.05, 0.1) is 0 Å². The second kappa shape index (κ2) is 18.8. The Hall–Kier alpha value is -3.41. The molecule has 0 bridgehead atoms. The van der Waals surface area contributed by atoms with Gasteiger partial charge < -0.3 is 16.2 Å². The van der Waals surface area contributed by atoms with Gasteiger partial charge in [0, 0.05) is 12.1 Å². The van der Waals surface area contributed by atoms with Crippen LogP contribution >= 0.6 is 0 Å². The summed E-state index contributed by atoms with van der Waals surface area (Å²) in [6, 6.07) is 13.0. The van der Waals surface area contributed by atoms with E-state index in [0.29, 0.717) is 42.9 Å². The molecule has 0 aliphatic carbocycles. The molecule has 2 amide bonds. The van der Waals surface area contributed by atoms with E-state index in [-0.39, 0.29) is 17.4 Å². The van der Waals surface area contributed by atoms with Gasteiger partial charge >= 0.3 is 99.1 Å². The van der Waals surface area contributed by atoms with Crippen LogP contribution in [0.2, 0.25) is 0 Å². The van der Waals surface area contributed by atoms with Crippen LogP contribution in [0.5, 0.6) is 0 Å². The van der Waals surface area contributed by atoms with Crippen LogP contribution in [0.4, 0.5) is 0 Å². The third-order valence-corrected chi connectivity index (χ3v) is 6.15. The molecule has 2 rings (SSSR count). The summed E-state index contributed by atoms with van der Waals surface area (Å²) in [6.07, 6.45) is 6.86. The fraction of sp³-hybridized carbons (Fsp3) is 0.464. The maximum atomic E-state index is 12.2. The van der Waals surface area contributed by atoms with Crippen molar-refractivity contribution in [1.29, 1.82) is 0 Å². The van der Waals surface area contributed by atoms with Gasteiger partial charge in [0.1, 0.15) is 6.23 Å². The second-order valence-corrected chi connectivity index (χ2v) is 9.17. The molecule has 0 heterocycles. The number of nitrogens with zero attached hydrogens (tertiary/aromatic N) is 1. The summed E-state index contributed by atoms with van der Waals surface area (Å²) < 4.78 is 0. The molecule has 1 unspecified atom stereocenters. The van der Waals surface area contributed by atoms with Crippen molar-refractivity contribution >= 4 is 25.4 Å². The van der Waals surface area contributed by atoms with Gasteiger partial charge in [-0.25, -0.2) is 0 Å². The summed E-state index contributed by atoms with van der Waals surface area (Å²) in [4.78, 5) is 40.3. The number of nitrogens with two attached hydrogens (primary N) is 1. The molecule has 209 valence electrons. The Bertz CT molecular complexity index is 1030. The van der Waals surface area contributed by atoms with Crippen LogP contribution in [0.15, 0.2) is 53.6 Å². The van der Waals surface area contributed by atoms with E-state index in [1.165, 1.54) is 24.3 Å². The van der Waals surface area contributed by atoms with Crippen LogP contribution in [-0.2, 0) is 4.84 Å². The molecule has 10 nitrogen and oxygen atoms in total. The van der Waals surface area contributed by atoms with Crippen LogP contribution in [0.1, 0.15) is 94.2 Å². The van der Waals surface area contributed by atoms with Crippen LogP contribution in [0.25, 0.3) is 0 Å². The molecule has 2 aromatic carbocycles. The number of carbonyl (C=O) groups is 3. The van der Waals surface area contributed by atoms with E-state index in [1.807, 2.05) is 0 Å². The van der Waals surface area contributed by atoms with Crippen molar-refractivity contribution in [3.63, 3.8) is 0 Å². The number of benzene rings is 2. The number of nitrogens with one attached hydrogen (secondary N) is 3. The molecule has 0 fully saturated rings. The Morgan fingerprint density at radius 3 is 1.72 bits per heavy atom. The molecule has 1 atom stereocenters. The summed E-state index contributed by atoms with van der Waals surface area (Å²) in [7, 11) is 4.81. The number of carbonyl (C=O) groups excluding carboxylic acids is 3. The van der Waals surface area contributed by atoms with Gasteiger partial charge in [-0.15, -0.1) is 0 Å². The molecule has 0 aliphatic heterocycles. The molecule has 1 radical (unpaired) electrons. The molecule has 39 heavy (non-hydrogen) atoms. The van der Waals surface area contributed by atoms with Crippen molar-refractivity contribution in [3.8, 4) is 0 Å². The van der Waals surface area contributed by atoms with Crippen LogP contribution in [0, 0.1) is 0 Å². The van der Waals surface area contributed by atoms with E-state index in [1.54, 1.807) is 24.3 Å². The standard InChI is InChI=1S/C28H39BN5O5/c29-34-39-28(38)24-15-13-23(14-16-24)27(37)33-20-8-4-3-7-19-32-26(36)22-11-9-21(10-12-22)25(35)31-18-6-2-1-5-17-30/h9-16,26,32,36H,1-8,17-20,30H2,(H,31,35)(H,33,37). The third kappa shape index (κ3) is 12.3. The van der Waals surface area contributed by atoms with E-state index in [2.05, 4.69) is 25.8 Å². The first kappa shape index (κ1) is 31.8. The minimum absolute atomic E-state index is 0.113. The zero-order valence-electron chi connectivity index (χ0n) is 22.4. The van der Waals surface area contributed by atoms with Crippen LogP contribution in [-0.4, -0.2) is 56.7 Å². The average Bonchev–Trinajstić information content (AvgIpc) is 2.96. The summed E-state index contributed by atoms with van der Waals surface area (Å²) in [5.41, 5.74) is 7.44. The first-order chi connectivity index (χ1) is 19.0. The third-order valence-electron chi connectivity index (χ3n) is 6.15. The number of amides is 2. The van der Waals surface area contributed by atoms with Crippen molar-refractivity contribution in [2.75, 3.05) is 26.2 Å². The first-order valence-corrected chi connectivity index (χ1v) is 13.5. The van der Waals surface area contributed by atoms with Crippen molar-refractivity contribution in [2.24, 2.45) is 10.8 Å². The van der Waals surface area contributed by atoms with Gasteiger partial charge in [-0.3, -0.25) is 10.1 Å². The number of hydrogen-bond donors (Lipinski definition) is 5. The van der Waals surface area contributed by atoms with Crippen molar-refractivity contribution in [3.05, 3.63) is 70.8 Å². The van der Waals surface area contributed by atoms with Gasteiger partial charge in [-0.2, -0.15) is 0 Å². The molecule has 0 spiro atoms. The van der Waals surface area contributed by atoms with Crippen LogP contribution < -0.4 is 21.7 Å². The predicted molar refractivity (Wildman–Crippen MR) is 150 cm³/mol. The number of unbranched alkanes of at least 4 members (excludes halogenated alkanes) is 6. The Balaban J connectivity index is 1.55. The van der Waals surface area contributed by atoms with Gasteiger partial charge in [0.15, 0.2) is 0 Å². The fourth-order valence-electron chi connectivity index (χ4n) is 3.87. The number of hydrogen-bond acceptors (Lipinski definition) is 8. The molecular formula is C28H39BN5O5. The summed E-state index contributed by atoms with van der Waals surface area (Å²) in [6.45, 7) is 2.53. The van der Waals surface area contributed by atoms with E-state index in [9.17, 15) is 19.5 Å². The monoisotopic (exact) mass is 536 g/mol. The molecule has 2 aromatic rings. The number of aliphatic hydroxyl groups excluding tert-OH is 1. The van der Waals surface area contributed by atoms with Gasteiger partial charge in [-0.1, -0.05) is 31.4 Å². The van der Waals surface area contributed by atoms with Crippen molar-refractivity contribution in [2.45, 2.75) is 57.6 Å². The van der Waals surface area contributed by atoms with E-state index in [0.717, 1.165) is 51.4 Å². The van der Waals surface area contributed by atoms with Gasteiger partial charge in [0.2, 0.25) is 0 Å². The quantitative estimate of drug-likeness (QED) is 0.0800. The van der Waals surface area contributed by atoms with Gasteiger partial charge in [-0.05, 0) is 50.0 Å². The topological polar surface area (TPSA) is 155 Å². The average molecular weight is 536 g/mol. The van der Waals surface area contributed by atoms with E-state index < -0.39 is 12.2 Å². The summed E-state index contributed by atoms with van der Waals surface area (Å²) in [5.74, 6) is -1.02.